The molecule has 0 saturated heterocycles. The van der Waals surface area contributed by atoms with Crippen molar-refractivity contribution in [2.45, 2.75) is 0 Å². The highest BCUT2D eigenvalue weighted by molar-refractivity contribution is 5.95. The van der Waals surface area contributed by atoms with E-state index in [1.807, 2.05) is 31.1 Å². The molecule has 1 amide bonds. The highest BCUT2D eigenvalue weighted by atomic mass is 16.5. The molecule has 7 heteroatoms. The summed E-state index contributed by atoms with van der Waals surface area (Å²) in [6, 6.07) is 10.7. The van der Waals surface area contributed by atoms with Gasteiger partial charge in [0.1, 0.15) is 0 Å². The Morgan fingerprint density at radius 3 is 2.04 bits per heavy atom. The summed E-state index contributed by atoms with van der Waals surface area (Å²) in [7, 11) is 8.50. The fraction of sp³-hybridized carbons (Fsp3) is 0.263. The first-order valence-electron chi connectivity index (χ1n) is 7.91. The first kappa shape index (κ1) is 19.1. The second-order valence-electron chi connectivity index (χ2n) is 5.60. The smallest absolute Gasteiger partial charge is 0.271 e. The lowest BCUT2D eigenvalue weighted by Gasteiger charge is -2.12. The van der Waals surface area contributed by atoms with Crippen molar-refractivity contribution in [1.82, 2.24) is 5.43 Å². The minimum absolute atomic E-state index is 0.293. The molecule has 0 aromatic heterocycles. The number of anilines is 1. The van der Waals surface area contributed by atoms with Crippen LogP contribution in [0.25, 0.3) is 0 Å². The molecule has 138 valence electrons. The van der Waals surface area contributed by atoms with E-state index in [4.69, 9.17) is 14.2 Å². The van der Waals surface area contributed by atoms with Gasteiger partial charge in [-0.2, -0.15) is 5.10 Å². The van der Waals surface area contributed by atoms with Crippen molar-refractivity contribution in [2.24, 2.45) is 5.10 Å². The van der Waals surface area contributed by atoms with E-state index >= 15 is 0 Å². The van der Waals surface area contributed by atoms with Crippen molar-refractivity contribution in [1.29, 1.82) is 0 Å². The lowest BCUT2D eigenvalue weighted by molar-refractivity contribution is 0.0955. The number of hydrazone groups is 1. The molecule has 0 heterocycles. The summed E-state index contributed by atoms with van der Waals surface area (Å²) in [5.74, 6) is 1.23. The number of nitrogens with one attached hydrogen (secondary N) is 1. The van der Waals surface area contributed by atoms with Gasteiger partial charge in [-0.25, -0.2) is 5.43 Å². The van der Waals surface area contributed by atoms with Crippen LogP contribution in [-0.4, -0.2) is 47.5 Å². The van der Waals surface area contributed by atoms with Crippen LogP contribution >= 0.6 is 0 Å². The summed E-state index contributed by atoms with van der Waals surface area (Å²) < 4.78 is 15.8. The largest absolute Gasteiger partial charge is 0.493 e. The Morgan fingerprint density at radius 1 is 1.00 bits per heavy atom. The van der Waals surface area contributed by atoms with E-state index in [9.17, 15) is 4.79 Å². The summed E-state index contributed by atoms with van der Waals surface area (Å²) in [5, 5.41) is 3.99. The molecule has 0 aliphatic heterocycles. The van der Waals surface area contributed by atoms with Crippen LogP contribution in [0.15, 0.2) is 41.5 Å². The summed E-state index contributed by atoms with van der Waals surface area (Å²) in [6.45, 7) is 0. The van der Waals surface area contributed by atoms with Crippen LogP contribution in [0.4, 0.5) is 5.69 Å². The van der Waals surface area contributed by atoms with Crippen molar-refractivity contribution in [2.75, 3.05) is 40.3 Å². The Labute approximate surface area is 153 Å². The maximum Gasteiger partial charge on any atom is 0.271 e. The average Bonchev–Trinajstić information content (AvgIpc) is 2.66. The Bertz CT molecular complexity index is 761. The van der Waals surface area contributed by atoms with Crippen molar-refractivity contribution < 1.29 is 19.0 Å². The number of rotatable bonds is 7. The van der Waals surface area contributed by atoms with E-state index < -0.39 is 0 Å². The topological polar surface area (TPSA) is 72.4 Å². The van der Waals surface area contributed by atoms with E-state index in [1.165, 1.54) is 27.5 Å². The number of carbonyl (C=O) groups is 1. The number of nitrogens with zero attached hydrogens (tertiary/aromatic N) is 2. The van der Waals surface area contributed by atoms with Gasteiger partial charge in [-0.1, -0.05) is 0 Å². The SMILES string of the molecule is COc1cc(C=NNC(=O)c2ccc(N(C)C)cc2)cc(OC)c1OC. The summed E-state index contributed by atoms with van der Waals surface area (Å²) in [4.78, 5) is 14.1. The predicted octanol–water partition coefficient (Wildman–Crippen LogP) is 2.54. The van der Waals surface area contributed by atoms with Gasteiger partial charge >= 0.3 is 0 Å². The van der Waals surface area contributed by atoms with Crippen LogP contribution in [-0.2, 0) is 0 Å². The highest BCUT2D eigenvalue weighted by Gasteiger charge is 2.12. The molecular formula is C19H23N3O4. The normalized spacial score (nSPS) is 10.5. The van der Waals surface area contributed by atoms with Crippen LogP contribution in [0.2, 0.25) is 0 Å². The Hall–Kier alpha value is -3.22. The van der Waals surface area contributed by atoms with Gasteiger partial charge < -0.3 is 19.1 Å². The van der Waals surface area contributed by atoms with Gasteiger partial charge in [0, 0.05) is 30.9 Å². The van der Waals surface area contributed by atoms with E-state index in [-0.39, 0.29) is 5.91 Å². The molecule has 0 saturated carbocycles. The summed E-state index contributed by atoms with van der Waals surface area (Å²) >= 11 is 0. The molecule has 0 fully saturated rings. The quantitative estimate of drug-likeness (QED) is 0.609. The van der Waals surface area contributed by atoms with Crippen LogP contribution in [0.1, 0.15) is 15.9 Å². The van der Waals surface area contributed by atoms with Gasteiger partial charge in [-0.15, -0.1) is 0 Å². The molecule has 7 nitrogen and oxygen atoms in total. The molecule has 0 aliphatic carbocycles. The Kier molecular flexibility index (Phi) is 6.43. The fourth-order valence-electron chi connectivity index (χ4n) is 2.32. The number of amides is 1. The van der Waals surface area contributed by atoms with Crippen molar-refractivity contribution >= 4 is 17.8 Å². The van der Waals surface area contributed by atoms with Crippen LogP contribution in [0.5, 0.6) is 17.2 Å². The summed E-state index contributed by atoms with van der Waals surface area (Å²) in [5.41, 5.74) is 4.74. The number of hydrogen-bond donors (Lipinski definition) is 1. The molecular weight excluding hydrogens is 334 g/mol. The zero-order valence-corrected chi connectivity index (χ0v) is 15.6. The second kappa shape index (κ2) is 8.75. The number of methoxy groups -OCH3 is 3. The zero-order valence-electron chi connectivity index (χ0n) is 15.6. The Morgan fingerprint density at radius 2 is 1.58 bits per heavy atom. The van der Waals surface area contributed by atoms with Crippen LogP contribution < -0.4 is 24.5 Å². The molecule has 2 rings (SSSR count). The van der Waals surface area contributed by atoms with Gasteiger partial charge in [0.25, 0.3) is 5.91 Å². The number of ether oxygens (including phenoxy) is 3. The fourth-order valence-corrected chi connectivity index (χ4v) is 2.32. The van der Waals surface area contributed by atoms with Gasteiger partial charge in [0.2, 0.25) is 5.75 Å². The van der Waals surface area contributed by atoms with Crippen molar-refractivity contribution in [3.63, 3.8) is 0 Å². The molecule has 2 aromatic carbocycles. The average molecular weight is 357 g/mol. The van der Waals surface area contributed by atoms with Crippen LogP contribution in [0.3, 0.4) is 0 Å². The standard InChI is InChI=1S/C19H23N3O4/c1-22(2)15-8-6-14(7-9-15)19(23)21-20-12-13-10-16(24-3)18(26-5)17(11-13)25-4/h6-12H,1-5H3,(H,21,23). The highest BCUT2D eigenvalue weighted by Crippen LogP contribution is 2.37. The molecule has 26 heavy (non-hydrogen) atoms. The lowest BCUT2D eigenvalue weighted by Crippen LogP contribution is -2.18. The first-order chi connectivity index (χ1) is 12.5. The molecule has 0 unspecified atom stereocenters. The minimum atomic E-state index is -0.293. The molecule has 0 atom stereocenters. The van der Waals surface area contributed by atoms with Gasteiger partial charge in [0.05, 0.1) is 27.5 Å². The number of hydrogen-bond acceptors (Lipinski definition) is 6. The molecule has 0 bridgehead atoms. The third-order valence-electron chi connectivity index (χ3n) is 3.71. The molecule has 2 aromatic rings. The molecule has 1 N–H and O–H groups in total. The molecule has 0 aliphatic rings. The number of benzene rings is 2. The third kappa shape index (κ3) is 4.44. The van der Waals surface area contributed by atoms with Crippen molar-refractivity contribution in [3.8, 4) is 17.2 Å². The first-order valence-corrected chi connectivity index (χ1v) is 7.91. The third-order valence-corrected chi connectivity index (χ3v) is 3.71. The van der Waals surface area contributed by atoms with E-state index in [0.29, 0.717) is 28.4 Å². The maximum absolute atomic E-state index is 12.2. The molecule has 0 spiro atoms. The minimum Gasteiger partial charge on any atom is -0.493 e. The number of carbonyl (C=O) groups excluding carboxylic acids is 1. The Balaban J connectivity index is 2.11. The van der Waals surface area contributed by atoms with Gasteiger partial charge in [-0.3, -0.25) is 4.79 Å². The van der Waals surface area contributed by atoms with E-state index in [2.05, 4.69) is 10.5 Å². The maximum atomic E-state index is 12.2. The van der Waals surface area contributed by atoms with Crippen LogP contribution in [0, 0.1) is 0 Å². The van der Waals surface area contributed by atoms with Gasteiger partial charge in [0.15, 0.2) is 11.5 Å². The summed E-state index contributed by atoms with van der Waals surface area (Å²) in [6.07, 6.45) is 1.51. The van der Waals surface area contributed by atoms with Crippen molar-refractivity contribution in [3.05, 3.63) is 47.5 Å². The monoisotopic (exact) mass is 357 g/mol. The lowest BCUT2D eigenvalue weighted by atomic mass is 10.2. The van der Waals surface area contributed by atoms with Gasteiger partial charge in [-0.05, 0) is 36.4 Å². The van der Waals surface area contributed by atoms with E-state index in [1.54, 1.807) is 24.3 Å². The second-order valence-corrected chi connectivity index (χ2v) is 5.60. The molecule has 0 radical (unpaired) electrons. The zero-order chi connectivity index (χ0) is 19.1. The predicted molar refractivity (Wildman–Crippen MR) is 102 cm³/mol. The van der Waals surface area contributed by atoms with E-state index in [0.717, 1.165) is 5.69 Å².